The second-order valence-electron chi connectivity index (χ2n) is 1.13. The maximum absolute atomic E-state index is 4.73. The van der Waals surface area contributed by atoms with Gasteiger partial charge in [0.25, 0.3) is 0 Å². The Morgan fingerprint density at radius 3 is 2.43 bits per heavy atom. The minimum atomic E-state index is 0. The van der Waals surface area contributed by atoms with Gasteiger partial charge >= 0.3 is 0 Å². The van der Waals surface area contributed by atoms with E-state index in [4.69, 9.17) is 4.84 Å². The molecule has 1 rings (SSSR count). The summed E-state index contributed by atoms with van der Waals surface area (Å²) in [6, 6.07) is 0. The first-order valence-electron chi connectivity index (χ1n) is 2.00. The van der Waals surface area contributed by atoms with Crippen molar-refractivity contribution >= 4 is 12.4 Å². The van der Waals surface area contributed by atoms with Crippen molar-refractivity contribution in [2.75, 3.05) is 13.2 Å². The smallest absolute Gasteiger partial charge is 0.0864 e. The molecule has 2 nitrogen and oxygen atoms in total. The van der Waals surface area contributed by atoms with E-state index in [9.17, 15) is 0 Å². The number of hydrogen-bond donors (Lipinski definition) is 1. The van der Waals surface area contributed by atoms with Crippen LogP contribution in [-0.4, -0.2) is 13.2 Å². The number of hydrogen-bond acceptors (Lipinski definition) is 2. The number of rotatable bonds is 0. The first-order chi connectivity index (χ1) is 3.00. The van der Waals surface area contributed by atoms with Crippen LogP contribution in [0, 0.1) is 0 Å². The Balaban J connectivity index is 0.000000360. The Labute approximate surface area is 48.9 Å². The van der Waals surface area contributed by atoms with Gasteiger partial charge in [0.2, 0.25) is 0 Å². The molecule has 0 aromatic heterocycles. The molecule has 42 valence electrons. The first-order valence-corrected chi connectivity index (χ1v) is 2.00. The second-order valence-corrected chi connectivity index (χ2v) is 1.13. The molecule has 0 saturated carbocycles. The van der Waals surface area contributed by atoms with E-state index >= 15 is 0 Å². The highest BCUT2D eigenvalue weighted by molar-refractivity contribution is 5.85. The Bertz CT molecular complexity index is 56.7. The third-order valence-corrected chi connectivity index (χ3v) is 0.649. The highest BCUT2D eigenvalue weighted by Crippen LogP contribution is 1.78. The largest absolute Gasteiger partial charge is 0.297 e. The molecule has 0 aliphatic carbocycles. The van der Waals surface area contributed by atoms with Crippen LogP contribution in [0.2, 0.25) is 0 Å². The predicted octanol–water partition coefficient (Wildman–Crippen LogP) is 0.499. The van der Waals surface area contributed by atoms with E-state index in [0.717, 1.165) is 6.54 Å². The van der Waals surface area contributed by atoms with E-state index in [2.05, 4.69) is 5.48 Å². The molecule has 0 aromatic carbocycles. The number of hydroxylamine groups is 1. The van der Waals surface area contributed by atoms with E-state index in [0.29, 0.717) is 6.61 Å². The summed E-state index contributed by atoms with van der Waals surface area (Å²) >= 11 is 0. The maximum atomic E-state index is 4.73. The lowest BCUT2D eigenvalue weighted by atomic mass is 10.5. The van der Waals surface area contributed by atoms with Crippen molar-refractivity contribution in [3.63, 3.8) is 0 Å². The van der Waals surface area contributed by atoms with Gasteiger partial charge in [0.05, 0.1) is 6.61 Å². The van der Waals surface area contributed by atoms with Crippen LogP contribution in [0.5, 0.6) is 0 Å². The topological polar surface area (TPSA) is 21.3 Å². The van der Waals surface area contributed by atoms with Crippen LogP contribution in [0.15, 0.2) is 12.2 Å². The van der Waals surface area contributed by atoms with Crippen LogP contribution in [0.25, 0.3) is 0 Å². The van der Waals surface area contributed by atoms with E-state index in [1.807, 2.05) is 12.2 Å². The Hall–Kier alpha value is -0.0500. The van der Waals surface area contributed by atoms with E-state index in [1.54, 1.807) is 0 Å². The van der Waals surface area contributed by atoms with Gasteiger partial charge < -0.3 is 0 Å². The van der Waals surface area contributed by atoms with E-state index < -0.39 is 0 Å². The molecule has 0 bridgehead atoms. The Morgan fingerprint density at radius 1 is 1.43 bits per heavy atom. The summed E-state index contributed by atoms with van der Waals surface area (Å²) in [6.45, 7) is 1.56. The molecule has 7 heavy (non-hydrogen) atoms. The van der Waals surface area contributed by atoms with Crippen LogP contribution < -0.4 is 5.48 Å². The average molecular weight is 122 g/mol. The third-order valence-electron chi connectivity index (χ3n) is 0.649. The quantitative estimate of drug-likeness (QED) is 0.472. The van der Waals surface area contributed by atoms with Gasteiger partial charge in [0.15, 0.2) is 0 Å². The van der Waals surface area contributed by atoms with Crippen molar-refractivity contribution in [2.45, 2.75) is 0 Å². The summed E-state index contributed by atoms with van der Waals surface area (Å²) in [6.07, 6.45) is 4.01. The molecule has 1 aliphatic rings. The number of halogens is 1. The van der Waals surface area contributed by atoms with Crippen molar-refractivity contribution in [1.82, 2.24) is 5.48 Å². The molecule has 0 radical (unpaired) electrons. The van der Waals surface area contributed by atoms with Crippen LogP contribution >= 0.6 is 12.4 Å². The fraction of sp³-hybridized carbons (Fsp3) is 0.500. The van der Waals surface area contributed by atoms with Gasteiger partial charge in [0, 0.05) is 6.54 Å². The van der Waals surface area contributed by atoms with Crippen molar-refractivity contribution in [3.05, 3.63) is 12.2 Å². The molecule has 0 atom stereocenters. The molecule has 1 heterocycles. The summed E-state index contributed by atoms with van der Waals surface area (Å²) in [7, 11) is 0. The van der Waals surface area contributed by atoms with Crippen molar-refractivity contribution < 1.29 is 4.84 Å². The van der Waals surface area contributed by atoms with Crippen LogP contribution in [0.4, 0.5) is 0 Å². The lowest BCUT2D eigenvalue weighted by molar-refractivity contribution is 0.0627. The monoisotopic (exact) mass is 121 g/mol. The highest BCUT2D eigenvalue weighted by atomic mass is 35.5. The molecule has 1 N–H and O–H groups in total. The molecule has 3 heteroatoms. The zero-order valence-corrected chi connectivity index (χ0v) is 4.70. The fourth-order valence-corrected chi connectivity index (χ4v) is 0.365. The molecule has 0 fully saturated rings. The van der Waals surface area contributed by atoms with Gasteiger partial charge in [-0.1, -0.05) is 12.2 Å². The van der Waals surface area contributed by atoms with Crippen molar-refractivity contribution in [1.29, 1.82) is 0 Å². The lowest BCUT2D eigenvalue weighted by Gasteiger charge is -2.02. The standard InChI is InChI=1S/C4H7NO.ClH/c1-2-4-6-5-3-1;/h1-2,5H,3-4H2;1H. The predicted molar refractivity (Wildman–Crippen MR) is 30.3 cm³/mol. The minimum absolute atomic E-state index is 0. The highest BCUT2D eigenvalue weighted by Gasteiger charge is 1.83. The zero-order chi connectivity index (χ0) is 4.24. The molecule has 0 aromatic rings. The van der Waals surface area contributed by atoms with E-state index in [-0.39, 0.29) is 12.4 Å². The summed E-state index contributed by atoms with van der Waals surface area (Å²) in [5.41, 5.74) is 2.70. The molecule has 1 aliphatic heterocycles. The molecular formula is C4H8ClNO. The molecule has 0 unspecified atom stereocenters. The van der Waals surface area contributed by atoms with Crippen molar-refractivity contribution in [3.8, 4) is 0 Å². The molecular weight excluding hydrogens is 114 g/mol. The zero-order valence-electron chi connectivity index (χ0n) is 3.89. The normalized spacial score (nSPS) is 18.3. The average Bonchev–Trinajstić information content (AvgIpc) is 1.72. The SMILES string of the molecule is C1=CCONC1.Cl. The maximum Gasteiger partial charge on any atom is 0.0864 e. The minimum Gasteiger partial charge on any atom is -0.297 e. The van der Waals surface area contributed by atoms with Gasteiger partial charge in [-0.3, -0.25) is 4.84 Å². The van der Waals surface area contributed by atoms with Crippen molar-refractivity contribution in [2.24, 2.45) is 0 Å². The first kappa shape index (κ1) is 6.95. The third kappa shape index (κ3) is 2.62. The lowest BCUT2D eigenvalue weighted by Crippen LogP contribution is -2.17. The number of nitrogens with one attached hydrogen (secondary N) is 1. The van der Waals surface area contributed by atoms with Crippen LogP contribution in [0.3, 0.4) is 0 Å². The summed E-state index contributed by atoms with van der Waals surface area (Å²) in [5.74, 6) is 0. The van der Waals surface area contributed by atoms with Crippen LogP contribution in [0.1, 0.15) is 0 Å². The summed E-state index contributed by atoms with van der Waals surface area (Å²) in [4.78, 5) is 4.73. The Kier molecular flexibility index (Phi) is 4.09. The molecule has 0 amide bonds. The fourth-order valence-electron chi connectivity index (χ4n) is 0.365. The summed E-state index contributed by atoms with van der Waals surface area (Å²) < 4.78 is 0. The van der Waals surface area contributed by atoms with Gasteiger partial charge in [0.1, 0.15) is 0 Å². The van der Waals surface area contributed by atoms with Crippen LogP contribution in [-0.2, 0) is 4.84 Å². The molecule has 0 saturated heterocycles. The van der Waals surface area contributed by atoms with Gasteiger partial charge in [-0.2, -0.15) is 5.48 Å². The van der Waals surface area contributed by atoms with Gasteiger partial charge in [-0.15, -0.1) is 12.4 Å². The Morgan fingerprint density at radius 2 is 2.29 bits per heavy atom. The van der Waals surface area contributed by atoms with Gasteiger partial charge in [-0.05, 0) is 0 Å². The summed E-state index contributed by atoms with van der Waals surface area (Å²) in [5, 5.41) is 0. The second kappa shape index (κ2) is 4.12. The van der Waals surface area contributed by atoms with Gasteiger partial charge in [-0.25, -0.2) is 0 Å². The van der Waals surface area contributed by atoms with E-state index in [1.165, 1.54) is 0 Å². The molecule has 0 spiro atoms.